The van der Waals surface area contributed by atoms with Crippen molar-refractivity contribution in [2.24, 2.45) is 0 Å². The Kier molecular flexibility index (Phi) is 5.08. The molecule has 0 saturated carbocycles. The van der Waals surface area contributed by atoms with Crippen LogP contribution in [0.4, 0.5) is 0 Å². The van der Waals surface area contributed by atoms with Gasteiger partial charge < -0.3 is 10.2 Å². The summed E-state index contributed by atoms with van der Waals surface area (Å²) in [7, 11) is 0. The highest BCUT2D eigenvalue weighted by atomic mass is 16.2. The van der Waals surface area contributed by atoms with Crippen LogP contribution in [0.15, 0.2) is 30.3 Å². The van der Waals surface area contributed by atoms with Crippen LogP contribution in [0.3, 0.4) is 0 Å². The molecular weight excluding hydrogens is 276 g/mol. The van der Waals surface area contributed by atoms with Gasteiger partial charge in [0.15, 0.2) is 0 Å². The first-order valence-electron chi connectivity index (χ1n) is 8.36. The van der Waals surface area contributed by atoms with E-state index in [0.717, 1.165) is 38.9 Å². The average Bonchev–Trinajstić information content (AvgIpc) is 3.24. The summed E-state index contributed by atoms with van der Waals surface area (Å²) >= 11 is 0. The van der Waals surface area contributed by atoms with Gasteiger partial charge in [0.1, 0.15) is 6.04 Å². The number of carbonyl (C=O) groups is 1. The fourth-order valence-corrected chi connectivity index (χ4v) is 3.44. The zero-order valence-corrected chi connectivity index (χ0v) is 13.2. The Hall–Kier alpha value is -1.43. The maximum atomic E-state index is 12.9. The van der Waals surface area contributed by atoms with E-state index < -0.39 is 0 Å². The number of hydrazine groups is 1. The van der Waals surface area contributed by atoms with Crippen molar-refractivity contribution >= 4 is 5.91 Å². The molecule has 2 fully saturated rings. The number of nitrogens with zero attached hydrogens (tertiary/aromatic N) is 1. The molecule has 0 radical (unpaired) electrons. The molecule has 3 rings (SSSR count). The van der Waals surface area contributed by atoms with Crippen molar-refractivity contribution < 1.29 is 4.79 Å². The van der Waals surface area contributed by atoms with E-state index in [4.69, 9.17) is 0 Å². The first-order chi connectivity index (χ1) is 10.8. The third-order valence-corrected chi connectivity index (χ3v) is 4.63. The molecule has 22 heavy (non-hydrogen) atoms. The molecule has 2 aliphatic heterocycles. The summed E-state index contributed by atoms with van der Waals surface area (Å²) in [6, 6.07) is 10.8. The minimum absolute atomic E-state index is 0.127. The van der Waals surface area contributed by atoms with E-state index in [1.165, 1.54) is 5.56 Å². The molecule has 5 heteroatoms. The summed E-state index contributed by atoms with van der Waals surface area (Å²) in [5.41, 5.74) is 7.72. The van der Waals surface area contributed by atoms with Gasteiger partial charge in [-0.1, -0.05) is 37.3 Å². The Labute approximate surface area is 132 Å². The molecular formula is C17H26N4O. The second-order valence-corrected chi connectivity index (χ2v) is 6.22. The molecule has 0 bridgehead atoms. The third kappa shape index (κ3) is 3.32. The normalized spacial score (nSPS) is 28.0. The van der Waals surface area contributed by atoms with Crippen molar-refractivity contribution in [1.29, 1.82) is 0 Å². The Bertz CT molecular complexity index is 487. The van der Waals surface area contributed by atoms with Crippen molar-refractivity contribution in [1.82, 2.24) is 21.1 Å². The smallest absolute Gasteiger partial charge is 0.241 e. The van der Waals surface area contributed by atoms with Gasteiger partial charge >= 0.3 is 0 Å². The lowest BCUT2D eigenvalue weighted by Gasteiger charge is -2.30. The van der Waals surface area contributed by atoms with Crippen molar-refractivity contribution in [3.05, 3.63) is 35.9 Å². The first kappa shape index (κ1) is 15.5. The SMILES string of the molecule is CCCN(C(=O)C1CC(c2ccccc2)NN1)C1CCNC1. The highest BCUT2D eigenvalue weighted by Crippen LogP contribution is 2.24. The standard InChI is InChI=1S/C17H26N4O/c1-2-10-21(14-8-9-18-12-14)17(22)16-11-15(19-20-16)13-6-4-3-5-7-13/h3-7,14-16,18-20H,2,8-12H2,1H3. The number of hydrogen-bond acceptors (Lipinski definition) is 4. The number of nitrogens with one attached hydrogen (secondary N) is 3. The van der Waals surface area contributed by atoms with Gasteiger partial charge in [-0.2, -0.15) is 0 Å². The van der Waals surface area contributed by atoms with Crippen LogP contribution in [0, 0.1) is 0 Å². The van der Waals surface area contributed by atoms with Crippen LogP contribution in [0.25, 0.3) is 0 Å². The van der Waals surface area contributed by atoms with Gasteiger partial charge in [0, 0.05) is 25.2 Å². The fraction of sp³-hybridized carbons (Fsp3) is 0.588. The van der Waals surface area contributed by atoms with Crippen molar-refractivity contribution in [3.8, 4) is 0 Å². The second kappa shape index (κ2) is 7.22. The highest BCUT2D eigenvalue weighted by molar-refractivity contribution is 5.82. The monoisotopic (exact) mass is 302 g/mol. The second-order valence-electron chi connectivity index (χ2n) is 6.22. The van der Waals surface area contributed by atoms with Crippen LogP contribution >= 0.6 is 0 Å². The molecule has 5 nitrogen and oxygen atoms in total. The molecule has 2 saturated heterocycles. The van der Waals surface area contributed by atoms with E-state index in [9.17, 15) is 4.79 Å². The first-order valence-corrected chi connectivity index (χ1v) is 8.36. The molecule has 120 valence electrons. The van der Waals surface area contributed by atoms with E-state index >= 15 is 0 Å². The number of benzene rings is 1. The summed E-state index contributed by atoms with van der Waals surface area (Å²) in [5, 5.41) is 3.36. The lowest BCUT2D eigenvalue weighted by Crippen LogP contribution is -2.50. The summed E-state index contributed by atoms with van der Waals surface area (Å²) in [6.45, 7) is 4.92. The molecule has 0 aromatic heterocycles. The van der Waals surface area contributed by atoms with Gasteiger partial charge in [-0.05, 0) is 31.4 Å². The van der Waals surface area contributed by atoms with Crippen LogP contribution in [-0.4, -0.2) is 42.5 Å². The van der Waals surface area contributed by atoms with E-state index in [1.807, 2.05) is 18.2 Å². The van der Waals surface area contributed by atoms with Gasteiger partial charge in [0.2, 0.25) is 5.91 Å². The Morgan fingerprint density at radius 1 is 1.27 bits per heavy atom. The third-order valence-electron chi connectivity index (χ3n) is 4.63. The van der Waals surface area contributed by atoms with Crippen LogP contribution in [0.5, 0.6) is 0 Å². The molecule has 3 N–H and O–H groups in total. The molecule has 2 aliphatic rings. The summed E-state index contributed by atoms with van der Waals surface area (Å²) in [6.07, 6.45) is 2.88. The van der Waals surface area contributed by atoms with Crippen molar-refractivity contribution in [3.63, 3.8) is 0 Å². The molecule has 1 aromatic rings. The summed E-state index contributed by atoms with van der Waals surface area (Å²) in [5.74, 6) is 0.237. The predicted octanol–water partition coefficient (Wildman–Crippen LogP) is 1.19. The van der Waals surface area contributed by atoms with E-state index in [-0.39, 0.29) is 18.0 Å². The fourth-order valence-electron chi connectivity index (χ4n) is 3.44. The van der Waals surface area contributed by atoms with Crippen LogP contribution in [-0.2, 0) is 4.79 Å². The maximum absolute atomic E-state index is 12.9. The number of carbonyl (C=O) groups excluding carboxylic acids is 1. The molecule has 2 heterocycles. The molecule has 0 aliphatic carbocycles. The van der Waals surface area contributed by atoms with Crippen LogP contribution in [0.1, 0.15) is 37.8 Å². The van der Waals surface area contributed by atoms with E-state index in [1.54, 1.807) is 0 Å². The van der Waals surface area contributed by atoms with Gasteiger partial charge in [0.05, 0.1) is 0 Å². The van der Waals surface area contributed by atoms with Crippen molar-refractivity contribution in [2.45, 2.75) is 44.3 Å². The highest BCUT2D eigenvalue weighted by Gasteiger charge is 2.35. The number of amides is 1. The Morgan fingerprint density at radius 3 is 2.77 bits per heavy atom. The zero-order valence-electron chi connectivity index (χ0n) is 13.2. The number of hydrogen-bond donors (Lipinski definition) is 3. The summed E-state index contributed by atoms with van der Waals surface area (Å²) in [4.78, 5) is 15.0. The Balaban J connectivity index is 1.64. The van der Waals surface area contributed by atoms with Gasteiger partial charge in [0.25, 0.3) is 0 Å². The van der Waals surface area contributed by atoms with E-state index in [0.29, 0.717) is 6.04 Å². The van der Waals surface area contributed by atoms with Crippen LogP contribution < -0.4 is 16.2 Å². The Morgan fingerprint density at radius 2 is 2.09 bits per heavy atom. The molecule has 1 amide bonds. The molecule has 0 spiro atoms. The average molecular weight is 302 g/mol. The predicted molar refractivity (Wildman–Crippen MR) is 87.1 cm³/mol. The minimum Gasteiger partial charge on any atom is -0.337 e. The van der Waals surface area contributed by atoms with Gasteiger partial charge in [-0.25, -0.2) is 10.9 Å². The quantitative estimate of drug-likeness (QED) is 0.765. The topological polar surface area (TPSA) is 56.4 Å². The molecule has 1 aromatic carbocycles. The van der Waals surface area contributed by atoms with E-state index in [2.05, 4.69) is 40.1 Å². The number of rotatable bonds is 5. The van der Waals surface area contributed by atoms with Crippen LogP contribution in [0.2, 0.25) is 0 Å². The maximum Gasteiger partial charge on any atom is 0.241 e. The minimum atomic E-state index is -0.127. The summed E-state index contributed by atoms with van der Waals surface area (Å²) < 4.78 is 0. The van der Waals surface area contributed by atoms with Gasteiger partial charge in [-0.15, -0.1) is 0 Å². The van der Waals surface area contributed by atoms with Gasteiger partial charge in [-0.3, -0.25) is 4.79 Å². The largest absolute Gasteiger partial charge is 0.337 e. The van der Waals surface area contributed by atoms with Crippen molar-refractivity contribution in [2.75, 3.05) is 19.6 Å². The zero-order chi connectivity index (χ0) is 15.4. The molecule has 3 atom stereocenters. The lowest BCUT2D eigenvalue weighted by molar-refractivity contribution is -0.135. The lowest BCUT2D eigenvalue weighted by atomic mass is 10.0. The molecule has 3 unspecified atom stereocenters.